The Kier molecular flexibility index (Phi) is 6.16. The number of benzene rings is 2. The van der Waals surface area contributed by atoms with Crippen molar-refractivity contribution >= 4 is 34.5 Å². The highest BCUT2D eigenvalue weighted by Crippen LogP contribution is 2.36. The fourth-order valence-corrected chi connectivity index (χ4v) is 3.13. The minimum atomic E-state index is -0.311. The summed E-state index contributed by atoms with van der Waals surface area (Å²) >= 11 is 7.65. The molecule has 3 aromatic rings. The number of rotatable bonds is 7. The summed E-state index contributed by atoms with van der Waals surface area (Å²) in [7, 11) is 3.02. The van der Waals surface area contributed by atoms with E-state index in [1.165, 1.54) is 25.6 Å². The summed E-state index contributed by atoms with van der Waals surface area (Å²) in [5.41, 5.74) is 3.48. The molecular weight excluding hydrogens is 388 g/mol. The van der Waals surface area contributed by atoms with Gasteiger partial charge in [0, 0.05) is 17.0 Å². The standard InChI is InChI=1S/C19H17ClN2O4S/c1-24-17-8-18(25-2)16(7-15(17)20)22-19(23)12-4-3-5-14(6-12)26-9-13-10-27-11-21-13/h3-8,10-11H,9H2,1-2H3,(H,22,23). The first-order valence-corrected chi connectivity index (χ1v) is 9.25. The maximum absolute atomic E-state index is 12.6. The first kappa shape index (κ1) is 19.0. The van der Waals surface area contributed by atoms with Crippen molar-refractivity contribution in [2.24, 2.45) is 0 Å². The molecule has 8 heteroatoms. The lowest BCUT2D eigenvalue weighted by Gasteiger charge is -2.13. The Bertz CT molecular complexity index is 931. The SMILES string of the molecule is COc1cc(OC)c(NC(=O)c2cccc(OCc3cscn3)c2)cc1Cl. The van der Waals surface area contributed by atoms with Crippen LogP contribution in [0, 0.1) is 0 Å². The number of methoxy groups -OCH3 is 2. The second-order valence-corrected chi connectivity index (χ2v) is 6.56. The number of aromatic nitrogens is 1. The molecule has 0 radical (unpaired) electrons. The van der Waals surface area contributed by atoms with Crippen LogP contribution in [0.5, 0.6) is 17.2 Å². The van der Waals surface area contributed by atoms with Gasteiger partial charge >= 0.3 is 0 Å². The molecule has 0 saturated heterocycles. The summed E-state index contributed by atoms with van der Waals surface area (Å²) in [4.78, 5) is 16.8. The van der Waals surface area contributed by atoms with E-state index in [1.807, 2.05) is 5.38 Å². The molecule has 0 atom stereocenters. The van der Waals surface area contributed by atoms with Crippen LogP contribution in [0.4, 0.5) is 5.69 Å². The molecule has 1 N–H and O–H groups in total. The monoisotopic (exact) mass is 404 g/mol. The smallest absolute Gasteiger partial charge is 0.255 e. The highest BCUT2D eigenvalue weighted by Gasteiger charge is 2.14. The van der Waals surface area contributed by atoms with Crippen molar-refractivity contribution in [3.63, 3.8) is 0 Å². The normalized spacial score (nSPS) is 10.3. The zero-order valence-electron chi connectivity index (χ0n) is 14.7. The summed E-state index contributed by atoms with van der Waals surface area (Å²) < 4.78 is 16.1. The summed E-state index contributed by atoms with van der Waals surface area (Å²) in [5, 5.41) is 5.08. The van der Waals surface area contributed by atoms with E-state index in [-0.39, 0.29) is 5.91 Å². The predicted octanol–water partition coefficient (Wildman–Crippen LogP) is 4.65. The third-order valence-electron chi connectivity index (χ3n) is 3.69. The molecule has 3 rings (SSSR count). The number of hydrogen-bond acceptors (Lipinski definition) is 6. The Morgan fingerprint density at radius 3 is 2.70 bits per heavy atom. The predicted molar refractivity (Wildman–Crippen MR) is 105 cm³/mol. The van der Waals surface area contributed by atoms with E-state index in [0.717, 1.165) is 5.69 Å². The number of carbonyl (C=O) groups excluding carboxylic acids is 1. The van der Waals surface area contributed by atoms with Crippen molar-refractivity contribution in [1.82, 2.24) is 4.98 Å². The van der Waals surface area contributed by atoms with Gasteiger partial charge in [-0.2, -0.15) is 0 Å². The second-order valence-electron chi connectivity index (χ2n) is 5.44. The molecule has 0 aliphatic rings. The van der Waals surface area contributed by atoms with Crippen LogP contribution in [-0.2, 0) is 6.61 Å². The molecule has 140 valence electrons. The van der Waals surface area contributed by atoms with E-state index in [4.69, 9.17) is 25.8 Å². The van der Waals surface area contributed by atoms with Crippen LogP contribution in [0.2, 0.25) is 5.02 Å². The van der Waals surface area contributed by atoms with Crippen LogP contribution in [0.25, 0.3) is 0 Å². The Labute approximate surface area is 165 Å². The Morgan fingerprint density at radius 1 is 1.19 bits per heavy atom. The van der Waals surface area contributed by atoms with Crippen LogP contribution >= 0.6 is 22.9 Å². The van der Waals surface area contributed by atoms with Gasteiger partial charge in [-0.3, -0.25) is 4.79 Å². The van der Waals surface area contributed by atoms with Gasteiger partial charge in [0.05, 0.1) is 36.1 Å². The minimum Gasteiger partial charge on any atom is -0.495 e. The number of nitrogens with one attached hydrogen (secondary N) is 1. The molecule has 0 bridgehead atoms. The van der Waals surface area contributed by atoms with Gasteiger partial charge in [-0.15, -0.1) is 11.3 Å². The molecule has 0 spiro atoms. The van der Waals surface area contributed by atoms with Crippen molar-refractivity contribution in [3.05, 3.63) is 63.6 Å². The van der Waals surface area contributed by atoms with Crippen LogP contribution in [-0.4, -0.2) is 25.1 Å². The number of nitrogens with zero attached hydrogens (tertiary/aromatic N) is 1. The van der Waals surface area contributed by atoms with E-state index in [0.29, 0.717) is 40.1 Å². The van der Waals surface area contributed by atoms with E-state index in [2.05, 4.69) is 10.3 Å². The maximum atomic E-state index is 12.6. The van der Waals surface area contributed by atoms with E-state index < -0.39 is 0 Å². The molecular formula is C19H17ClN2O4S. The van der Waals surface area contributed by atoms with Crippen LogP contribution in [0.15, 0.2) is 47.3 Å². The highest BCUT2D eigenvalue weighted by atomic mass is 35.5. The number of hydrogen-bond donors (Lipinski definition) is 1. The number of carbonyl (C=O) groups is 1. The summed E-state index contributed by atoms with van der Waals surface area (Å²) in [6.45, 7) is 0.344. The molecule has 1 heterocycles. The van der Waals surface area contributed by atoms with Crippen molar-refractivity contribution in [3.8, 4) is 17.2 Å². The first-order chi connectivity index (χ1) is 13.1. The number of halogens is 1. The average Bonchev–Trinajstić information content (AvgIpc) is 3.20. The van der Waals surface area contributed by atoms with Gasteiger partial charge < -0.3 is 19.5 Å². The van der Waals surface area contributed by atoms with Crippen LogP contribution in [0.3, 0.4) is 0 Å². The average molecular weight is 405 g/mol. The van der Waals surface area contributed by atoms with Crippen molar-refractivity contribution in [1.29, 1.82) is 0 Å². The Balaban J connectivity index is 1.74. The van der Waals surface area contributed by atoms with Crippen molar-refractivity contribution < 1.29 is 19.0 Å². The zero-order chi connectivity index (χ0) is 19.2. The molecule has 1 aromatic heterocycles. The largest absolute Gasteiger partial charge is 0.495 e. The van der Waals surface area contributed by atoms with Gasteiger partial charge in [0.15, 0.2) is 0 Å². The van der Waals surface area contributed by atoms with Crippen molar-refractivity contribution in [2.45, 2.75) is 6.61 Å². The van der Waals surface area contributed by atoms with Crippen LogP contribution < -0.4 is 19.5 Å². The van der Waals surface area contributed by atoms with Gasteiger partial charge in [0.1, 0.15) is 23.9 Å². The molecule has 27 heavy (non-hydrogen) atoms. The topological polar surface area (TPSA) is 69.7 Å². The Hall–Kier alpha value is -2.77. The molecule has 0 unspecified atom stereocenters. The lowest BCUT2D eigenvalue weighted by molar-refractivity contribution is 0.102. The number of thiazole rings is 1. The second kappa shape index (κ2) is 8.75. The maximum Gasteiger partial charge on any atom is 0.255 e. The van der Waals surface area contributed by atoms with Gasteiger partial charge in [-0.1, -0.05) is 17.7 Å². The molecule has 2 aromatic carbocycles. The number of amides is 1. The zero-order valence-corrected chi connectivity index (χ0v) is 16.3. The number of anilines is 1. The summed E-state index contributed by atoms with van der Waals surface area (Å²) in [5.74, 6) is 1.17. The van der Waals surface area contributed by atoms with Crippen LogP contribution in [0.1, 0.15) is 16.1 Å². The van der Waals surface area contributed by atoms with Gasteiger partial charge in [0.25, 0.3) is 5.91 Å². The lowest BCUT2D eigenvalue weighted by Crippen LogP contribution is -2.13. The third kappa shape index (κ3) is 4.69. The molecule has 6 nitrogen and oxygen atoms in total. The summed E-state index contributed by atoms with van der Waals surface area (Å²) in [6, 6.07) is 10.1. The molecule has 0 aliphatic carbocycles. The third-order valence-corrected chi connectivity index (χ3v) is 4.62. The highest BCUT2D eigenvalue weighted by molar-refractivity contribution is 7.07. The van der Waals surface area contributed by atoms with Crippen molar-refractivity contribution in [2.75, 3.05) is 19.5 Å². The van der Waals surface area contributed by atoms with E-state index >= 15 is 0 Å². The quantitative estimate of drug-likeness (QED) is 0.621. The van der Waals surface area contributed by atoms with Gasteiger partial charge in [-0.25, -0.2) is 4.98 Å². The van der Waals surface area contributed by atoms with Gasteiger partial charge in [0.2, 0.25) is 0 Å². The summed E-state index contributed by atoms with van der Waals surface area (Å²) in [6.07, 6.45) is 0. The number of ether oxygens (including phenoxy) is 3. The van der Waals surface area contributed by atoms with Gasteiger partial charge in [-0.05, 0) is 24.3 Å². The van der Waals surface area contributed by atoms with E-state index in [9.17, 15) is 4.79 Å². The molecule has 0 fully saturated rings. The lowest BCUT2D eigenvalue weighted by atomic mass is 10.2. The molecule has 0 aliphatic heterocycles. The molecule has 0 saturated carbocycles. The Morgan fingerprint density at radius 2 is 2.00 bits per heavy atom. The minimum absolute atomic E-state index is 0.311. The fourth-order valence-electron chi connectivity index (χ4n) is 2.35. The fraction of sp³-hybridized carbons (Fsp3) is 0.158. The first-order valence-electron chi connectivity index (χ1n) is 7.93. The van der Waals surface area contributed by atoms with E-state index in [1.54, 1.807) is 41.9 Å². The molecule has 1 amide bonds.